The minimum atomic E-state index is -0.555. The van der Waals surface area contributed by atoms with Crippen molar-refractivity contribution in [1.29, 1.82) is 0 Å². The SMILES string of the molecule is CCOC(=O)c1ccc(N2CC3=C(C2=O)C(c2ccc(OC)cc2)NC(=O)N3C)cc1. The maximum Gasteiger partial charge on any atom is 0.338 e. The molecule has 1 unspecified atom stereocenters. The lowest BCUT2D eigenvalue weighted by molar-refractivity contribution is -0.114. The van der Waals surface area contributed by atoms with Gasteiger partial charge in [0.25, 0.3) is 5.91 Å². The van der Waals surface area contributed by atoms with Gasteiger partial charge in [-0.2, -0.15) is 0 Å². The van der Waals surface area contributed by atoms with Gasteiger partial charge in [-0.3, -0.25) is 9.69 Å². The second kappa shape index (κ2) is 8.14. The molecule has 0 saturated carbocycles. The second-order valence-electron chi connectivity index (χ2n) is 7.23. The number of carbonyl (C=O) groups is 3. The van der Waals surface area contributed by atoms with Crippen LogP contribution in [0, 0.1) is 0 Å². The number of anilines is 1. The molecule has 31 heavy (non-hydrogen) atoms. The second-order valence-corrected chi connectivity index (χ2v) is 7.23. The van der Waals surface area contributed by atoms with Crippen molar-refractivity contribution in [3.63, 3.8) is 0 Å². The van der Waals surface area contributed by atoms with E-state index in [1.165, 1.54) is 4.90 Å². The molecule has 0 bridgehead atoms. The van der Waals surface area contributed by atoms with Crippen molar-refractivity contribution in [1.82, 2.24) is 10.2 Å². The first-order valence-electron chi connectivity index (χ1n) is 9.94. The first kappa shape index (κ1) is 20.5. The molecule has 0 spiro atoms. The smallest absolute Gasteiger partial charge is 0.338 e. The van der Waals surface area contributed by atoms with Gasteiger partial charge in [-0.05, 0) is 48.9 Å². The highest BCUT2D eigenvalue weighted by molar-refractivity contribution is 6.11. The molecule has 4 rings (SSSR count). The van der Waals surface area contributed by atoms with E-state index >= 15 is 0 Å². The van der Waals surface area contributed by atoms with Crippen LogP contribution in [0.4, 0.5) is 10.5 Å². The number of nitrogens with one attached hydrogen (secondary N) is 1. The van der Waals surface area contributed by atoms with Gasteiger partial charge in [0, 0.05) is 12.7 Å². The quantitative estimate of drug-likeness (QED) is 0.750. The van der Waals surface area contributed by atoms with E-state index in [2.05, 4.69) is 5.32 Å². The number of nitrogens with zero attached hydrogens (tertiary/aromatic N) is 2. The zero-order chi connectivity index (χ0) is 22.1. The largest absolute Gasteiger partial charge is 0.497 e. The van der Waals surface area contributed by atoms with Crippen LogP contribution in [0.25, 0.3) is 0 Å². The Kier molecular flexibility index (Phi) is 5.37. The summed E-state index contributed by atoms with van der Waals surface area (Å²) >= 11 is 0. The molecule has 0 fully saturated rings. The first-order valence-corrected chi connectivity index (χ1v) is 9.94. The lowest BCUT2D eigenvalue weighted by Crippen LogP contribution is -2.45. The van der Waals surface area contributed by atoms with Gasteiger partial charge in [-0.15, -0.1) is 0 Å². The number of ether oxygens (including phenoxy) is 2. The highest BCUT2D eigenvalue weighted by atomic mass is 16.5. The van der Waals surface area contributed by atoms with Crippen molar-refractivity contribution in [3.05, 3.63) is 70.9 Å². The number of likely N-dealkylation sites (N-methyl/N-ethyl adjacent to an activating group) is 1. The molecular formula is C23H23N3O5. The number of hydrogen-bond acceptors (Lipinski definition) is 5. The molecule has 2 aromatic rings. The Balaban J connectivity index is 1.64. The van der Waals surface area contributed by atoms with Gasteiger partial charge in [0.2, 0.25) is 0 Å². The summed E-state index contributed by atoms with van der Waals surface area (Å²) in [4.78, 5) is 40.9. The summed E-state index contributed by atoms with van der Waals surface area (Å²) < 4.78 is 10.2. The Hall–Kier alpha value is -3.81. The molecule has 0 aromatic heterocycles. The van der Waals surface area contributed by atoms with Crippen LogP contribution < -0.4 is 15.0 Å². The van der Waals surface area contributed by atoms with Gasteiger partial charge in [0.05, 0.1) is 43.1 Å². The first-order chi connectivity index (χ1) is 14.9. The van der Waals surface area contributed by atoms with E-state index in [1.54, 1.807) is 62.4 Å². The van der Waals surface area contributed by atoms with Crippen molar-refractivity contribution in [2.45, 2.75) is 13.0 Å². The van der Waals surface area contributed by atoms with Crippen molar-refractivity contribution in [2.24, 2.45) is 0 Å². The molecule has 3 amide bonds. The van der Waals surface area contributed by atoms with E-state index in [4.69, 9.17) is 9.47 Å². The van der Waals surface area contributed by atoms with Crippen molar-refractivity contribution < 1.29 is 23.9 Å². The molecule has 2 aromatic carbocycles. The van der Waals surface area contributed by atoms with Crippen LogP contribution in [-0.4, -0.2) is 50.1 Å². The van der Waals surface area contributed by atoms with Gasteiger partial charge < -0.3 is 19.7 Å². The summed E-state index contributed by atoms with van der Waals surface area (Å²) in [6, 6.07) is 13.1. The summed E-state index contributed by atoms with van der Waals surface area (Å²) in [5.41, 5.74) is 3.04. The van der Waals surface area contributed by atoms with E-state index in [0.29, 0.717) is 34.9 Å². The fraction of sp³-hybridized carbons (Fsp3) is 0.261. The fourth-order valence-corrected chi connectivity index (χ4v) is 3.81. The number of rotatable bonds is 5. The standard InChI is InChI=1S/C23H23N3O5/c1-4-31-22(28)15-5-9-16(10-6-15)26-13-18-19(21(26)27)20(24-23(29)25(18)2)14-7-11-17(30-3)12-8-14/h5-12,20H,4,13H2,1-3H3,(H,24,29). The molecule has 1 N–H and O–H groups in total. The van der Waals surface area contributed by atoms with Gasteiger partial charge >= 0.3 is 12.0 Å². The van der Waals surface area contributed by atoms with Crippen molar-refractivity contribution in [3.8, 4) is 5.75 Å². The normalized spacial score (nSPS) is 18.1. The molecule has 8 nitrogen and oxygen atoms in total. The lowest BCUT2D eigenvalue weighted by Gasteiger charge is -2.31. The number of esters is 1. The third-order valence-corrected chi connectivity index (χ3v) is 5.50. The Morgan fingerprint density at radius 3 is 2.39 bits per heavy atom. The maximum absolute atomic E-state index is 13.4. The molecular weight excluding hydrogens is 398 g/mol. The van der Waals surface area contributed by atoms with Crippen LogP contribution >= 0.6 is 0 Å². The van der Waals surface area contributed by atoms with E-state index in [9.17, 15) is 14.4 Å². The third-order valence-electron chi connectivity index (χ3n) is 5.50. The van der Waals surface area contributed by atoms with E-state index in [-0.39, 0.29) is 18.5 Å². The Labute approximate surface area is 180 Å². The van der Waals surface area contributed by atoms with Crippen LogP contribution in [0.5, 0.6) is 5.75 Å². The number of amides is 3. The van der Waals surface area contributed by atoms with Crippen LogP contribution in [-0.2, 0) is 9.53 Å². The van der Waals surface area contributed by atoms with Crippen LogP contribution in [0.15, 0.2) is 59.8 Å². The zero-order valence-electron chi connectivity index (χ0n) is 17.5. The van der Waals surface area contributed by atoms with Crippen molar-refractivity contribution in [2.75, 3.05) is 32.2 Å². The molecule has 2 aliphatic heterocycles. The van der Waals surface area contributed by atoms with Crippen LogP contribution in [0.3, 0.4) is 0 Å². The van der Waals surface area contributed by atoms with Gasteiger partial charge in [-0.25, -0.2) is 9.59 Å². The predicted molar refractivity (Wildman–Crippen MR) is 114 cm³/mol. The number of carbonyl (C=O) groups excluding carboxylic acids is 3. The lowest BCUT2D eigenvalue weighted by atomic mass is 9.95. The Bertz CT molecular complexity index is 1060. The number of urea groups is 1. The summed E-state index contributed by atoms with van der Waals surface area (Å²) in [5, 5.41) is 2.91. The highest BCUT2D eigenvalue weighted by Crippen LogP contribution is 2.38. The Morgan fingerprint density at radius 2 is 1.77 bits per heavy atom. The van der Waals surface area contributed by atoms with Crippen LogP contribution in [0.1, 0.15) is 28.9 Å². The van der Waals surface area contributed by atoms with Gasteiger partial charge in [0.15, 0.2) is 0 Å². The molecule has 2 heterocycles. The zero-order valence-corrected chi connectivity index (χ0v) is 17.5. The maximum atomic E-state index is 13.4. The summed E-state index contributed by atoms with van der Waals surface area (Å²) in [6.45, 7) is 2.31. The highest BCUT2D eigenvalue weighted by Gasteiger charge is 2.43. The van der Waals surface area contributed by atoms with E-state index in [1.807, 2.05) is 12.1 Å². The van der Waals surface area contributed by atoms with Crippen LogP contribution in [0.2, 0.25) is 0 Å². The summed E-state index contributed by atoms with van der Waals surface area (Å²) in [7, 11) is 3.23. The fourth-order valence-electron chi connectivity index (χ4n) is 3.81. The topological polar surface area (TPSA) is 88.2 Å². The predicted octanol–water partition coefficient (Wildman–Crippen LogP) is 2.87. The summed E-state index contributed by atoms with van der Waals surface area (Å²) in [6.07, 6.45) is 0. The molecule has 0 aliphatic carbocycles. The molecule has 160 valence electrons. The molecule has 0 radical (unpaired) electrons. The average molecular weight is 421 g/mol. The molecule has 8 heteroatoms. The summed E-state index contributed by atoms with van der Waals surface area (Å²) in [5.74, 6) is 0.0955. The molecule has 1 atom stereocenters. The number of benzene rings is 2. The number of hydrogen-bond donors (Lipinski definition) is 1. The average Bonchev–Trinajstić information content (AvgIpc) is 3.14. The van der Waals surface area contributed by atoms with Gasteiger partial charge in [-0.1, -0.05) is 12.1 Å². The van der Waals surface area contributed by atoms with E-state index in [0.717, 1.165) is 5.56 Å². The monoisotopic (exact) mass is 421 g/mol. The van der Waals surface area contributed by atoms with Crippen molar-refractivity contribution >= 4 is 23.6 Å². The minimum absolute atomic E-state index is 0.188. The van der Waals surface area contributed by atoms with Gasteiger partial charge in [0.1, 0.15) is 5.75 Å². The van der Waals surface area contributed by atoms with E-state index < -0.39 is 12.0 Å². The Morgan fingerprint density at radius 1 is 1.10 bits per heavy atom. The minimum Gasteiger partial charge on any atom is -0.497 e. The molecule has 2 aliphatic rings. The third kappa shape index (κ3) is 3.61. The number of methoxy groups -OCH3 is 1. The molecule has 0 saturated heterocycles.